The molecule has 124 valence electrons. The number of nitrogens with one attached hydrogen (secondary N) is 1. The number of rotatable bonds is 4. The third kappa shape index (κ3) is 2.31. The SMILES string of the molecule is COc1ccc2c(c1)CCC[C@]21C[C@H]1Nc1cnccc1C(=O)O. The Balaban J connectivity index is 1.62. The van der Waals surface area contributed by atoms with E-state index in [-0.39, 0.29) is 17.0 Å². The van der Waals surface area contributed by atoms with Crippen molar-refractivity contribution >= 4 is 11.7 Å². The zero-order valence-corrected chi connectivity index (χ0v) is 13.6. The van der Waals surface area contributed by atoms with Gasteiger partial charge in [-0.05, 0) is 55.0 Å². The van der Waals surface area contributed by atoms with Crippen molar-refractivity contribution in [1.29, 1.82) is 0 Å². The first-order valence-electron chi connectivity index (χ1n) is 8.25. The minimum Gasteiger partial charge on any atom is -0.497 e. The summed E-state index contributed by atoms with van der Waals surface area (Å²) in [6.45, 7) is 0. The van der Waals surface area contributed by atoms with Gasteiger partial charge < -0.3 is 15.2 Å². The molecule has 5 heteroatoms. The van der Waals surface area contributed by atoms with Crippen LogP contribution in [0.5, 0.6) is 5.75 Å². The molecule has 0 radical (unpaired) electrons. The van der Waals surface area contributed by atoms with E-state index >= 15 is 0 Å². The van der Waals surface area contributed by atoms with Gasteiger partial charge in [0.2, 0.25) is 0 Å². The molecule has 2 atom stereocenters. The molecule has 1 saturated carbocycles. The van der Waals surface area contributed by atoms with Crippen LogP contribution in [0.25, 0.3) is 0 Å². The maximum Gasteiger partial charge on any atom is 0.337 e. The van der Waals surface area contributed by atoms with Gasteiger partial charge in [0, 0.05) is 17.7 Å². The van der Waals surface area contributed by atoms with Crippen molar-refractivity contribution in [2.75, 3.05) is 12.4 Å². The molecule has 1 fully saturated rings. The topological polar surface area (TPSA) is 71.5 Å². The number of aryl methyl sites for hydroxylation is 1. The monoisotopic (exact) mass is 324 g/mol. The summed E-state index contributed by atoms with van der Waals surface area (Å²) in [5, 5.41) is 12.8. The Morgan fingerprint density at radius 2 is 2.29 bits per heavy atom. The molecule has 2 aliphatic rings. The second kappa shape index (κ2) is 5.51. The van der Waals surface area contributed by atoms with Crippen LogP contribution in [0.3, 0.4) is 0 Å². The van der Waals surface area contributed by atoms with Gasteiger partial charge in [-0.2, -0.15) is 0 Å². The predicted molar refractivity (Wildman–Crippen MR) is 90.8 cm³/mol. The lowest BCUT2D eigenvalue weighted by molar-refractivity contribution is 0.0698. The minimum atomic E-state index is -0.927. The second-order valence-corrected chi connectivity index (χ2v) is 6.66. The van der Waals surface area contributed by atoms with E-state index in [1.807, 2.05) is 6.07 Å². The number of benzene rings is 1. The van der Waals surface area contributed by atoms with Crippen molar-refractivity contribution in [2.45, 2.75) is 37.1 Å². The molecule has 2 N–H and O–H groups in total. The molecular formula is C19H20N2O3. The number of carboxylic acids is 1. The molecular weight excluding hydrogens is 304 g/mol. The summed E-state index contributed by atoms with van der Waals surface area (Å²) < 4.78 is 5.34. The molecule has 4 rings (SSSR count). The normalized spacial score (nSPS) is 24.3. The first kappa shape index (κ1) is 15.0. The third-order valence-corrected chi connectivity index (χ3v) is 5.37. The largest absolute Gasteiger partial charge is 0.497 e. The average molecular weight is 324 g/mol. The van der Waals surface area contributed by atoms with Crippen molar-refractivity contribution in [2.24, 2.45) is 0 Å². The molecule has 0 amide bonds. The van der Waals surface area contributed by atoms with E-state index in [9.17, 15) is 9.90 Å². The van der Waals surface area contributed by atoms with Gasteiger partial charge >= 0.3 is 5.97 Å². The van der Waals surface area contributed by atoms with Gasteiger partial charge in [-0.1, -0.05) is 6.07 Å². The molecule has 0 unspecified atom stereocenters. The Hall–Kier alpha value is -2.56. The van der Waals surface area contributed by atoms with Crippen LogP contribution in [0, 0.1) is 0 Å². The van der Waals surface area contributed by atoms with Gasteiger partial charge in [0.05, 0.1) is 24.6 Å². The van der Waals surface area contributed by atoms with E-state index < -0.39 is 5.97 Å². The lowest BCUT2D eigenvalue weighted by Crippen LogP contribution is -2.24. The molecule has 1 spiro atoms. The highest BCUT2D eigenvalue weighted by molar-refractivity contribution is 5.94. The lowest BCUT2D eigenvalue weighted by atomic mass is 9.79. The van der Waals surface area contributed by atoms with Crippen LogP contribution in [0.4, 0.5) is 5.69 Å². The number of aromatic carboxylic acids is 1. The van der Waals surface area contributed by atoms with Crippen LogP contribution in [0.2, 0.25) is 0 Å². The van der Waals surface area contributed by atoms with E-state index in [4.69, 9.17) is 4.74 Å². The van der Waals surface area contributed by atoms with Crippen LogP contribution < -0.4 is 10.1 Å². The van der Waals surface area contributed by atoms with Crippen molar-refractivity contribution in [3.8, 4) is 5.75 Å². The van der Waals surface area contributed by atoms with Crippen molar-refractivity contribution in [1.82, 2.24) is 4.98 Å². The molecule has 1 aromatic heterocycles. The van der Waals surface area contributed by atoms with E-state index in [1.54, 1.807) is 19.4 Å². The maximum atomic E-state index is 11.4. The molecule has 0 bridgehead atoms. The van der Waals surface area contributed by atoms with Crippen molar-refractivity contribution in [3.05, 3.63) is 53.3 Å². The molecule has 2 aliphatic carbocycles. The summed E-state index contributed by atoms with van der Waals surface area (Å²) >= 11 is 0. The lowest BCUT2D eigenvalue weighted by Gasteiger charge is -2.27. The maximum absolute atomic E-state index is 11.4. The van der Waals surface area contributed by atoms with Gasteiger partial charge in [-0.3, -0.25) is 4.98 Å². The number of nitrogens with zero attached hydrogens (tertiary/aromatic N) is 1. The van der Waals surface area contributed by atoms with Crippen molar-refractivity contribution < 1.29 is 14.6 Å². The van der Waals surface area contributed by atoms with Gasteiger partial charge in [-0.15, -0.1) is 0 Å². The van der Waals surface area contributed by atoms with Crippen LogP contribution in [0.1, 0.15) is 40.7 Å². The van der Waals surface area contributed by atoms with E-state index in [2.05, 4.69) is 22.4 Å². The number of pyridine rings is 1. The first-order valence-corrected chi connectivity index (χ1v) is 8.25. The number of carboxylic acid groups (broad SMARTS) is 1. The summed E-state index contributed by atoms with van der Waals surface area (Å²) in [6, 6.07) is 8.13. The van der Waals surface area contributed by atoms with Crippen LogP contribution >= 0.6 is 0 Å². The molecule has 0 saturated heterocycles. The average Bonchev–Trinajstić information content (AvgIpc) is 3.27. The number of anilines is 1. The number of aromatic nitrogens is 1. The summed E-state index contributed by atoms with van der Waals surface area (Å²) in [5.74, 6) is -0.0280. The third-order valence-electron chi connectivity index (χ3n) is 5.37. The van der Waals surface area contributed by atoms with Gasteiger partial charge in [0.1, 0.15) is 5.75 Å². The van der Waals surface area contributed by atoms with E-state index in [0.29, 0.717) is 5.69 Å². The predicted octanol–water partition coefficient (Wildman–Crippen LogP) is 3.25. The number of fused-ring (bicyclic) bond motifs is 2. The summed E-state index contributed by atoms with van der Waals surface area (Å²) in [6.07, 6.45) is 7.51. The second-order valence-electron chi connectivity index (χ2n) is 6.66. The molecule has 24 heavy (non-hydrogen) atoms. The van der Waals surface area contributed by atoms with E-state index in [0.717, 1.165) is 31.4 Å². The van der Waals surface area contributed by atoms with Gasteiger partial charge in [0.25, 0.3) is 0 Å². The fourth-order valence-electron chi connectivity index (χ4n) is 4.07. The fourth-order valence-corrected chi connectivity index (χ4v) is 4.07. The Bertz CT molecular complexity index is 805. The summed E-state index contributed by atoms with van der Waals surface area (Å²) in [5.41, 5.74) is 3.73. The molecule has 1 heterocycles. The van der Waals surface area contributed by atoms with Crippen molar-refractivity contribution in [3.63, 3.8) is 0 Å². The first-order chi connectivity index (χ1) is 11.6. The van der Waals surface area contributed by atoms with Crippen LogP contribution in [-0.2, 0) is 11.8 Å². The number of carbonyl (C=O) groups is 1. The highest BCUT2D eigenvalue weighted by atomic mass is 16.5. The molecule has 2 aromatic rings. The molecule has 5 nitrogen and oxygen atoms in total. The number of ether oxygens (including phenoxy) is 1. The summed E-state index contributed by atoms with van der Waals surface area (Å²) in [4.78, 5) is 15.4. The Kier molecular flexibility index (Phi) is 3.44. The highest BCUT2D eigenvalue weighted by Gasteiger charge is 2.57. The Morgan fingerprint density at radius 3 is 3.08 bits per heavy atom. The minimum absolute atomic E-state index is 0.117. The highest BCUT2D eigenvalue weighted by Crippen LogP contribution is 2.57. The Morgan fingerprint density at radius 1 is 1.42 bits per heavy atom. The number of hydrogen-bond acceptors (Lipinski definition) is 4. The number of hydrogen-bond donors (Lipinski definition) is 2. The molecule has 0 aliphatic heterocycles. The van der Waals surface area contributed by atoms with Gasteiger partial charge in [-0.25, -0.2) is 4.79 Å². The zero-order valence-electron chi connectivity index (χ0n) is 13.6. The molecule has 1 aromatic carbocycles. The zero-order chi connectivity index (χ0) is 16.7. The smallest absolute Gasteiger partial charge is 0.337 e. The standard InChI is InChI=1S/C19H20N2O3/c1-24-13-4-5-15-12(9-13)3-2-7-19(15)10-17(19)21-16-11-20-8-6-14(16)18(22)23/h4-6,8-9,11,17,21H,2-3,7,10H2,1H3,(H,22,23)/t17-,19+/m1/s1. The fraction of sp³-hybridized carbons (Fsp3) is 0.368. The quantitative estimate of drug-likeness (QED) is 0.903. The van der Waals surface area contributed by atoms with Crippen LogP contribution in [0.15, 0.2) is 36.7 Å². The number of methoxy groups -OCH3 is 1. The summed E-state index contributed by atoms with van der Waals surface area (Å²) in [7, 11) is 1.69. The van der Waals surface area contributed by atoms with E-state index in [1.165, 1.54) is 17.3 Å². The Labute approximate surface area is 140 Å². The van der Waals surface area contributed by atoms with Gasteiger partial charge in [0.15, 0.2) is 0 Å². The van der Waals surface area contributed by atoms with Crippen LogP contribution in [-0.4, -0.2) is 29.2 Å².